The Morgan fingerprint density at radius 1 is 1.06 bits per heavy atom. The Morgan fingerprint density at radius 2 is 1.81 bits per heavy atom. The number of hydrogen-bond acceptors (Lipinski definition) is 6. The molecule has 8 nitrogen and oxygen atoms in total. The van der Waals surface area contributed by atoms with Crippen molar-refractivity contribution in [2.24, 2.45) is 5.92 Å². The number of hydrogen-bond donors (Lipinski definition) is 3. The molecule has 2 rings (SSSR count). The van der Waals surface area contributed by atoms with Gasteiger partial charge in [0.15, 0.2) is 18.2 Å². The first-order chi connectivity index (χ1) is 14.7. The maximum absolute atomic E-state index is 13.1. The average Bonchev–Trinajstić information content (AvgIpc) is 3.26. The van der Waals surface area contributed by atoms with Crippen molar-refractivity contribution in [3.05, 3.63) is 52.2 Å². The summed E-state index contributed by atoms with van der Waals surface area (Å²) in [6.45, 7) is 2.29. The molecule has 0 spiro atoms. The van der Waals surface area contributed by atoms with Crippen LogP contribution < -0.4 is 16.0 Å². The molecule has 1 atom stereocenters. The van der Waals surface area contributed by atoms with Gasteiger partial charge in [-0.1, -0.05) is 19.9 Å². The Kier molecular flexibility index (Phi) is 8.62. The molecule has 1 aromatic carbocycles. The van der Waals surface area contributed by atoms with Crippen LogP contribution in [-0.4, -0.2) is 42.9 Å². The lowest BCUT2D eigenvalue weighted by atomic mass is 10.0. The van der Waals surface area contributed by atoms with E-state index in [2.05, 4.69) is 16.0 Å². The van der Waals surface area contributed by atoms with Crippen molar-refractivity contribution in [1.29, 1.82) is 0 Å². The highest BCUT2D eigenvalue weighted by molar-refractivity contribution is 7.12. The molecule has 166 valence electrons. The molecule has 1 heterocycles. The van der Waals surface area contributed by atoms with Gasteiger partial charge in [-0.05, 0) is 29.5 Å². The number of esters is 1. The minimum atomic E-state index is -1.13. The zero-order valence-corrected chi connectivity index (χ0v) is 17.6. The van der Waals surface area contributed by atoms with Gasteiger partial charge in [-0.15, -0.1) is 11.3 Å². The number of ether oxygens (including phenoxy) is 1. The fourth-order valence-electron chi connectivity index (χ4n) is 2.35. The predicted octanol–water partition coefficient (Wildman–Crippen LogP) is 2.08. The van der Waals surface area contributed by atoms with E-state index in [1.165, 1.54) is 11.3 Å². The normalized spacial score (nSPS) is 11.5. The second-order valence-corrected chi connectivity index (χ2v) is 7.68. The van der Waals surface area contributed by atoms with Crippen molar-refractivity contribution in [2.75, 3.05) is 18.5 Å². The van der Waals surface area contributed by atoms with Gasteiger partial charge < -0.3 is 20.7 Å². The van der Waals surface area contributed by atoms with E-state index in [-0.39, 0.29) is 11.6 Å². The van der Waals surface area contributed by atoms with Crippen molar-refractivity contribution >= 4 is 40.7 Å². The molecule has 0 aliphatic heterocycles. The number of halogens is 2. The van der Waals surface area contributed by atoms with Crippen LogP contribution in [-0.2, 0) is 19.1 Å². The van der Waals surface area contributed by atoms with E-state index in [4.69, 9.17) is 4.74 Å². The molecular weight excluding hydrogens is 432 g/mol. The molecule has 0 radical (unpaired) electrons. The molecule has 11 heteroatoms. The summed E-state index contributed by atoms with van der Waals surface area (Å²) >= 11 is 1.22. The Morgan fingerprint density at radius 3 is 2.42 bits per heavy atom. The predicted molar refractivity (Wildman–Crippen MR) is 109 cm³/mol. The summed E-state index contributed by atoms with van der Waals surface area (Å²) in [6.07, 6.45) is 0. The Labute approximate surface area is 181 Å². The molecule has 0 aliphatic carbocycles. The number of carbonyl (C=O) groups is 4. The molecular formula is C20H21F2N3O5S. The third kappa shape index (κ3) is 7.45. The van der Waals surface area contributed by atoms with Crippen molar-refractivity contribution in [3.8, 4) is 0 Å². The van der Waals surface area contributed by atoms with Gasteiger partial charge >= 0.3 is 5.97 Å². The van der Waals surface area contributed by atoms with Crippen molar-refractivity contribution in [2.45, 2.75) is 19.9 Å². The number of anilines is 1. The van der Waals surface area contributed by atoms with E-state index in [1.807, 2.05) is 0 Å². The number of nitrogens with one attached hydrogen (secondary N) is 3. The van der Waals surface area contributed by atoms with Crippen LogP contribution in [0.5, 0.6) is 0 Å². The lowest BCUT2D eigenvalue weighted by Crippen LogP contribution is -2.46. The number of amides is 3. The van der Waals surface area contributed by atoms with Crippen molar-refractivity contribution in [3.63, 3.8) is 0 Å². The van der Waals surface area contributed by atoms with Crippen molar-refractivity contribution < 1.29 is 32.7 Å². The van der Waals surface area contributed by atoms with Gasteiger partial charge in [-0.2, -0.15) is 0 Å². The minimum Gasteiger partial charge on any atom is -0.454 e. The van der Waals surface area contributed by atoms with Gasteiger partial charge in [0.1, 0.15) is 6.04 Å². The topological polar surface area (TPSA) is 114 Å². The first-order valence-electron chi connectivity index (χ1n) is 9.20. The Bertz CT molecular complexity index is 950. The largest absolute Gasteiger partial charge is 0.454 e. The molecule has 2 aromatic rings. The van der Waals surface area contributed by atoms with E-state index in [1.54, 1.807) is 31.4 Å². The molecule has 0 aliphatic rings. The summed E-state index contributed by atoms with van der Waals surface area (Å²) in [5.41, 5.74) is 0.0193. The lowest BCUT2D eigenvalue weighted by molar-refractivity contribution is -0.151. The molecule has 3 N–H and O–H groups in total. The number of rotatable bonds is 9. The lowest BCUT2D eigenvalue weighted by Gasteiger charge is -2.20. The maximum atomic E-state index is 13.1. The monoisotopic (exact) mass is 453 g/mol. The smallest absolute Gasteiger partial charge is 0.329 e. The van der Waals surface area contributed by atoms with E-state index in [0.717, 1.165) is 18.2 Å². The van der Waals surface area contributed by atoms with Crippen LogP contribution in [0.15, 0.2) is 35.7 Å². The summed E-state index contributed by atoms with van der Waals surface area (Å²) in [6, 6.07) is 5.17. The highest BCUT2D eigenvalue weighted by Crippen LogP contribution is 2.13. The van der Waals surface area contributed by atoms with E-state index in [0.29, 0.717) is 4.88 Å². The van der Waals surface area contributed by atoms with Gasteiger partial charge in [0.2, 0.25) is 5.91 Å². The summed E-state index contributed by atoms with van der Waals surface area (Å²) in [4.78, 5) is 48.5. The fourth-order valence-corrected chi connectivity index (χ4v) is 2.98. The standard InChI is InChI=1S/C20H21F2N3O5S/c1-11(2)18(25-19(28)15-4-3-7-31-15)20(29)30-10-17(27)23-9-16(26)24-12-5-6-13(21)14(22)8-12/h3-8,11,18H,9-10H2,1-2H3,(H,23,27)(H,24,26)(H,25,28). The molecule has 0 bridgehead atoms. The van der Waals surface area contributed by atoms with Crippen LogP contribution in [0.2, 0.25) is 0 Å². The molecule has 0 saturated carbocycles. The molecule has 1 aromatic heterocycles. The molecule has 0 fully saturated rings. The zero-order chi connectivity index (χ0) is 23.0. The number of thiophene rings is 1. The quantitative estimate of drug-likeness (QED) is 0.503. The Balaban J connectivity index is 1.77. The first kappa shape index (κ1) is 23.9. The van der Waals surface area contributed by atoms with Crippen LogP contribution in [0.1, 0.15) is 23.5 Å². The zero-order valence-electron chi connectivity index (χ0n) is 16.7. The van der Waals surface area contributed by atoms with Gasteiger partial charge in [-0.3, -0.25) is 14.4 Å². The molecule has 31 heavy (non-hydrogen) atoms. The summed E-state index contributed by atoms with van der Waals surface area (Å²) in [7, 11) is 0. The van der Waals surface area contributed by atoms with Gasteiger partial charge in [-0.25, -0.2) is 13.6 Å². The molecule has 1 unspecified atom stereocenters. The highest BCUT2D eigenvalue weighted by atomic mass is 32.1. The SMILES string of the molecule is CC(C)C(NC(=O)c1cccs1)C(=O)OCC(=O)NCC(=O)Nc1ccc(F)c(F)c1. The van der Waals surface area contributed by atoms with Crippen LogP contribution in [0.4, 0.5) is 14.5 Å². The van der Waals surface area contributed by atoms with E-state index >= 15 is 0 Å². The Hall–Kier alpha value is -3.34. The van der Waals surface area contributed by atoms with Crippen LogP contribution in [0.25, 0.3) is 0 Å². The first-order valence-corrected chi connectivity index (χ1v) is 10.1. The van der Waals surface area contributed by atoms with Crippen LogP contribution in [0.3, 0.4) is 0 Å². The number of benzene rings is 1. The van der Waals surface area contributed by atoms with Gasteiger partial charge in [0.25, 0.3) is 11.8 Å². The second kappa shape index (κ2) is 11.2. The van der Waals surface area contributed by atoms with E-state index in [9.17, 15) is 28.0 Å². The summed E-state index contributed by atoms with van der Waals surface area (Å²) < 4.78 is 30.9. The summed E-state index contributed by atoms with van der Waals surface area (Å²) in [5.74, 6) is -5.12. The van der Waals surface area contributed by atoms with E-state index < -0.39 is 54.5 Å². The highest BCUT2D eigenvalue weighted by Gasteiger charge is 2.27. The second-order valence-electron chi connectivity index (χ2n) is 6.73. The number of carbonyl (C=O) groups excluding carboxylic acids is 4. The molecule has 0 saturated heterocycles. The fraction of sp³-hybridized carbons (Fsp3) is 0.300. The van der Waals surface area contributed by atoms with Gasteiger partial charge in [0.05, 0.1) is 11.4 Å². The average molecular weight is 453 g/mol. The van der Waals surface area contributed by atoms with Crippen LogP contribution >= 0.6 is 11.3 Å². The van der Waals surface area contributed by atoms with Crippen LogP contribution in [0, 0.1) is 17.6 Å². The van der Waals surface area contributed by atoms with Gasteiger partial charge in [0, 0.05) is 11.8 Å². The van der Waals surface area contributed by atoms with Crippen molar-refractivity contribution in [1.82, 2.24) is 10.6 Å². The maximum Gasteiger partial charge on any atom is 0.329 e. The third-order valence-corrected chi connectivity index (χ3v) is 4.82. The minimum absolute atomic E-state index is 0.0193. The summed E-state index contributed by atoms with van der Waals surface area (Å²) in [5, 5.41) is 8.82. The third-order valence-electron chi connectivity index (χ3n) is 3.95. The molecule has 3 amide bonds.